The normalized spacial score (nSPS) is 28.3. The molecule has 0 aromatic rings. The average molecular weight is 296 g/mol. The van der Waals surface area contributed by atoms with Crippen molar-refractivity contribution >= 4 is 17.8 Å². The summed E-state index contributed by atoms with van der Waals surface area (Å²) in [6, 6.07) is -0.468. The van der Waals surface area contributed by atoms with Gasteiger partial charge in [0.15, 0.2) is 0 Å². The SMILES string of the molecule is O=C1CC(=O)N(CCCC2CO2)C(=O)N1CCCC1CO1. The molecule has 0 radical (unpaired) electrons. The number of carbonyl (C=O) groups excluding carboxylic acids is 3. The number of hydrogen-bond donors (Lipinski definition) is 0. The van der Waals surface area contributed by atoms with Gasteiger partial charge in [0, 0.05) is 13.1 Å². The van der Waals surface area contributed by atoms with Gasteiger partial charge in [-0.05, 0) is 25.7 Å². The number of rotatable bonds is 8. The predicted molar refractivity (Wildman–Crippen MR) is 71.4 cm³/mol. The number of amides is 4. The van der Waals surface area contributed by atoms with Gasteiger partial charge in [-0.2, -0.15) is 0 Å². The van der Waals surface area contributed by atoms with E-state index in [2.05, 4.69) is 0 Å². The van der Waals surface area contributed by atoms with E-state index >= 15 is 0 Å². The summed E-state index contributed by atoms with van der Waals surface area (Å²) in [4.78, 5) is 38.4. The molecule has 3 heterocycles. The molecule has 0 aromatic carbocycles. The van der Waals surface area contributed by atoms with Gasteiger partial charge in [-0.25, -0.2) is 4.79 Å². The van der Waals surface area contributed by atoms with Gasteiger partial charge in [-0.15, -0.1) is 0 Å². The van der Waals surface area contributed by atoms with Crippen LogP contribution in [0.4, 0.5) is 4.79 Å². The summed E-state index contributed by atoms with van der Waals surface area (Å²) in [7, 11) is 0. The Morgan fingerprint density at radius 3 is 1.67 bits per heavy atom. The number of barbiturate groups is 1. The molecule has 3 saturated heterocycles. The molecule has 0 saturated carbocycles. The molecule has 0 N–H and O–H groups in total. The zero-order chi connectivity index (χ0) is 14.8. The molecule has 0 bridgehead atoms. The molecule has 7 heteroatoms. The van der Waals surface area contributed by atoms with E-state index in [4.69, 9.17) is 9.47 Å². The third-order valence-corrected chi connectivity index (χ3v) is 3.99. The summed E-state index contributed by atoms with van der Waals surface area (Å²) in [5.41, 5.74) is 0. The fourth-order valence-corrected chi connectivity index (χ4v) is 2.54. The van der Waals surface area contributed by atoms with Gasteiger partial charge in [0.05, 0.1) is 25.4 Å². The Morgan fingerprint density at radius 2 is 1.29 bits per heavy atom. The Kier molecular flexibility index (Phi) is 4.21. The number of ether oxygens (including phenoxy) is 2. The van der Waals surface area contributed by atoms with E-state index in [9.17, 15) is 14.4 Å². The van der Waals surface area contributed by atoms with Crippen LogP contribution < -0.4 is 0 Å². The summed E-state index contributed by atoms with van der Waals surface area (Å²) < 4.78 is 10.2. The van der Waals surface area contributed by atoms with E-state index in [0.29, 0.717) is 13.1 Å². The van der Waals surface area contributed by atoms with Crippen molar-refractivity contribution in [3.8, 4) is 0 Å². The van der Waals surface area contributed by atoms with E-state index < -0.39 is 6.03 Å². The molecule has 2 unspecified atom stereocenters. The maximum atomic E-state index is 12.3. The first-order valence-electron chi connectivity index (χ1n) is 7.53. The highest BCUT2D eigenvalue weighted by atomic mass is 16.6. The zero-order valence-corrected chi connectivity index (χ0v) is 12.0. The second-order valence-corrected chi connectivity index (χ2v) is 5.75. The summed E-state index contributed by atoms with van der Waals surface area (Å²) in [6.07, 6.45) is 3.52. The third-order valence-electron chi connectivity index (χ3n) is 3.99. The molecule has 7 nitrogen and oxygen atoms in total. The maximum Gasteiger partial charge on any atom is 0.333 e. The molecule has 3 fully saturated rings. The van der Waals surface area contributed by atoms with E-state index in [1.165, 1.54) is 9.80 Å². The lowest BCUT2D eigenvalue weighted by molar-refractivity contribution is -0.142. The van der Waals surface area contributed by atoms with Gasteiger partial charge in [-0.1, -0.05) is 0 Å². The van der Waals surface area contributed by atoms with Crippen LogP contribution in [0.2, 0.25) is 0 Å². The molecule has 3 aliphatic heterocycles. The lowest BCUT2D eigenvalue weighted by atomic mass is 10.2. The van der Waals surface area contributed by atoms with Crippen LogP contribution in [-0.2, 0) is 19.1 Å². The molecule has 4 amide bonds. The quantitative estimate of drug-likeness (QED) is 0.482. The van der Waals surface area contributed by atoms with E-state index in [1.54, 1.807) is 0 Å². The van der Waals surface area contributed by atoms with Crippen LogP contribution in [0, 0.1) is 0 Å². The second-order valence-electron chi connectivity index (χ2n) is 5.75. The highest BCUT2D eigenvalue weighted by Gasteiger charge is 2.37. The average Bonchev–Trinajstić information content (AvgIpc) is 3.32. The highest BCUT2D eigenvalue weighted by Crippen LogP contribution is 2.20. The van der Waals surface area contributed by atoms with Crippen molar-refractivity contribution in [3.63, 3.8) is 0 Å². The summed E-state index contributed by atoms with van der Waals surface area (Å²) in [6.45, 7) is 2.28. The Hall–Kier alpha value is -1.47. The van der Waals surface area contributed by atoms with Gasteiger partial charge in [-0.3, -0.25) is 19.4 Å². The first-order chi connectivity index (χ1) is 10.1. The first kappa shape index (κ1) is 14.5. The van der Waals surface area contributed by atoms with Crippen molar-refractivity contribution in [2.24, 2.45) is 0 Å². The molecule has 3 aliphatic rings. The topological polar surface area (TPSA) is 82.8 Å². The maximum absolute atomic E-state index is 12.3. The second kappa shape index (κ2) is 6.11. The van der Waals surface area contributed by atoms with Crippen molar-refractivity contribution < 1.29 is 23.9 Å². The molecular formula is C14H20N2O5. The lowest BCUT2D eigenvalue weighted by Gasteiger charge is -2.32. The van der Waals surface area contributed by atoms with Gasteiger partial charge in [0.2, 0.25) is 11.8 Å². The molecule has 2 atom stereocenters. The third kappa shape index (κ3) is 3.79. The molecular weight excluding hydrogens is 276 g/mol. The number of nitrogens with zero attached hydrogens (tertiary/aromatic N) is 2. The lowest BCUT2D eigenvalue weighted by Crippen LogP contribution is -2.55. The monoisotopic (exact) mass is 296 g/mol. The fourth-order valence-electron chi connectivity index (χ4n) is 2.54. The number of imide groups is 2. The number of carbonyl (C=O) groups is 3. The van der Waals surface area contributed by atoms with Crippen LogP contribution in [0.15, 0.2) is 0 Å². The number of hydrogen-bond acceptors (Lipinski definition) is 5. The largest absolute Gasteiger partial charge is 0.373 e. The van der Waals surface area contributed by atoms with Gasteiger partial charge >= 0.3 is 6.03 Å². The van der Waals surface area contributed by atoms with Crippen molar-refractivity contribution in [1.82, 2.24) is 9.80 Å². The van der Waals surface area contributed by atoms with E-state index in [1.807, 2.05) is 0 Å². The summed E-state index contributed by atoms with van der Waals surface area (Å²) in [5, 5.41) is 0. The molecule has 0 aromatic heterocycles. The molecule has 116 valence electrons. The first-order valence-corrected chi connectivity index (χ1v) is 7.53. The Bertz CT molecular complexity index is 407. The van der Waals surface area contributed by atoms with Crippen molar-refractivity contribution in [2.45, 2.75) is 44.3 Å². The van der Waals surface area contributed by atoms with Crippen LogP contribution >= 0.6 is 0 Å². The van der Waals surface area contributed by atoms with Crippen molar-refractivity contribution in [3.05, 3.63) is 0 Å². The standard InChI is InChI=1S/C14H20N2O5/c17-12-7-13(18)16(6-2-4-11-9-21-11)14(19)15(12)5-1-3-10-8-20-10/h10-11H,1-9H2. The summed E-state index contributed by atoms with van der Waals surface area (Å²) in [5.74, 6) is -0.771. The molecule has 0 spiro atoms. The van der Waals surface area contributed by atoms with Crippen LogP contribution in [0.25, 0.3) is 0 Å². The minimum atomic E-state index is -0.468. The Morgan fingerprint density at radius 1 is 0.857 bits per heavy atom. The van der Waals surface area contributed by atoms with Gasteiger partial charge in [0.25, 0.3) is 0 Å². The highest BCUT2D eigenvalue weighted by molar-refractivity contribution is 6.14. The predicted octanol–water partition coefficient (Wildman–Crippen LogP) is 0.525. The summed E-state index contributed by atoms with van der Waals surface area (Å²) >= 11 is 0. The van der Waals surface area contributed by atoms with Crippen LogP contribution in [0.1, 0.15) is 32.1 Å². The molecule has 0 aliphatic carbocycles. The minimum Gasteiger partial charge on any atom is -0.373 e. The molecule has 3 rings (SSSR count). The van der Waals surface area contributed by atoms with Gasteiger partial charge in [0.1, 0.15) is 6.42 Å². The Labute approximate surface area is 123 Å². The fraction of sp³-hybridized carbons (Fsp3) is 0.786. The van der Waals surface area contributed by atoms with Gasteiger partial charge < -0.3 is 9.47 Å². The van der Waals surface area contributed by atoms with Crippen LogP contribution in [0.3, 0.4) is 0 Å². The number of urea groups is 1. The van der Waals surface area contributed by atoms with Crippen molar-refractivity contribution in [2.75, 3.05) is 26.3 Å². The zero-order valence-electron chi connectivity index (χ0n) is 12.0. The van der Waals surface area contributed by atoms with Crippen LogP contribution in [0.5, 0.6) is 0 Å². The smallest absolute Gasteiger partial charge is 0.333 e. The minimum absolute atomic E-state index is 0.203. The van der Waals surface area contributed by atoms with Crippen molar-refractivity contribution in [1.29, 1.82) is 0 Å². The van der Waals surface area contributed by atoms with E-state index in [0.717, 1.165) is 38.9 Å². The Balaban J connectivity index is 1.50. The van der Waals surface area contributed by atoms with Crippen LogP contribution in [-0.4, -0.2) is 66.2 Å². The van der Waals surface area contributed by atoms with E-state index in [-0.39, 0.29) is 30.4 Å². The number of epoxide rings is 2. The molecule has 21 heavy (non-hydrogen) atoms.